The summed E-state index contributed by atoms with van der Waals surface area (Å²) in [5.74, 6) is -0.0553. The summed E-state index contributed by atoms with van der Waals surface area (Å²) in [5, 5.41) is 17.2. The van der Waals surface area contributed by atoms with Crippen LogP contribution in [0.15, 0.2) is 48.8 Å². The number of rotatable bonds is 6. The summed E-state index contributed by atoms with van der Waals surface area (Å²) in [7, 11) is 0. The van der Waals surface area contributed by atoms with Crippen molar-refractivity contribution in [3.05, 3.63) is 65.5 Å². The lowest BCUT2D eigenvalue weighted by molar-refractivity contribution is -0.120. The van der Waals surface area contributed by atoms with Crippen LogP contribution in [-0.2, 0) is 4.79 Å². The van der Waals surface area contributed by atoms with Gasteiger partial charge in [0, 0.05) is 5.69 Å². The van der Waals surface area contributed by atoms with Gasteiger partial charge in [-0.1, -0.05) is 18.2 Å². The number of hydrogen-bond donors (Lipinski definition) is 2. The van der Waals surface area contributed by atoms with Crippen molar-refractivity contribution in [2.45, 2.75) is 26.8 Å². The van der Waals surface area contributed by atoms with Gasteiger partial charge >= 0.3 is 0 Å². The predicted molar refractivity (Wildman–Crippen MR) is 100 cm³/mol. The maximum Gasteiger partial charge on any atom is 0.239 e. The van der Waals surface area contributed by atoms with Crippen LogP contribution in [0.4, 0.5) is 5.69 Å². The van der Waals surface area contributed by atoms with Gasteiger partial charge in [0.15, 0.2) is 0 Å². The molecule has 1 amide bonds. The Kier molecular flexibility index (Phi) is 5.26. The van der Waals surface area contributed by atoms with Gasteiger partial charge in [-0.2, -0.15) is 0 Å². The summed E-state index contributed by atoms with van der Waals surface area (Å²) in [5.41, 5.74) is 5.29. The molecule has 1 heterocycles. The van der Waals surface area contributed by atoms with Crippen molar-refractivity contribution in [3.63, 3.8) is 0 Å². The largest absolute Gasteiger partial charge is 0.376 e. The van der Waals surface area contributed by atoms with Crippen LogP contribution in [0.2, 0.25) is 0 Å². The average molecular weight is 350 g/mol. The van der Waals surface area contributed by atoms with Gasteiger partial charge in [-0.05, 0) is 72.2 Å². The van der Waals surface area contributed by atoms with Crippen LogP contribution in [0.25, 0.3) is 5.69 Å². The minimum Gasteiger partial charge on any atom is -0.376 e. The third-order valence-corrected chi connectivity index (χ3v) is 4.34. The van der Waals surface area contributed by atoms with E-state index in [0.717, 1.165) is 16.9 Å². The van der Waals surface area contributed by atoms with Crippen LogP contribution < -0.4 is 10.6 Å². The fourth-order valence-electron chi connectivity index (χ4n) is 2.60. The summed E-state index contributed by atoms with van der Waals surface area (Å²) in [6.07, 6.45) is 1.53. The number of aryl methyl sites for hydroxylation is 2. The zero-order chi connectivity index (χ0) is 18.5. The quantitative estimate of drug-likeness (QED) is 0.714. The van der Waals surface area contributed by atoms with E-state index in [0.29, 0.717) is 0 Å². The van der Waals surface area contributed by atoms with Crippen molar-refractivity contribution in [2.75, 3.05) is 11.9 Å². The maximum atomic E-state index is 12.2. The van der Waals surface area contributed by atoms with Crippen molar-refractivity contribution in [1.82, 2.24) is 25.5 Å². The summed E-state index contributed by atoms with van der Waals surface area (Å²) >= 11 is 0. The molecular weight excluding hydrogens is 328 g/mol. The van der Waals surface area contributed by atoms with Gasteiger partial charge in [0.25, 0.3) is 0 Å². The van der Waals surface area contributed by atoms with E-state index in [1.165, 1.54) is 17.5 Å². The van der Waals surface area contributed by atoms with Crippen LogP contribution >= 0.6 is 0 Å². The molecule has 134 valence electrons. The van der Waals surface area contributed by atoms with Crippen LogP contribution in [0, 0.1) is 13.8 Å². The third-order valence-electron chi connectivity index (χ3n) is 4.34. The standard InChI is InChI=1S/C19H22N6O/c1-13-4-5-16(10-14(13)2)15(3)22-19(26)11-20-17-6-8-18(9-7-17)25-12-21-23-24-25/h4-10,12,15,20H,11H2,1-3H3,(H,22,26)/t15-/m1/s1. The van der Waals surface area contributed by atoms with Crippen molar-refractivity contribution >= 4 is 11.6 Å². The van der Waals surface area contributed by atoms with E-state index in [1.807, 2.05) is 31.2 Å². The second kappa shape index (κ2) is 7.77. The predicted octanol–water partition coefficient (Wildman–Crippen LogP) is 2.57. The molecule has 3 rings (SSSR count). The normalized spacial score (nSPS) is 11.8. The summed E-state index contributed by atoms with van der Waals surface area (Å²) in [6.45, 7) is 6.35. The molecule has 1 aromatic heterocycles. The molecule has 0 saturated carbocycles. The smallest absolute Gasteiger partial charge is 0.239 e. The molecule has 26 heavy (non-hydrogen) atoms. The van der Waals surface area contributed by atoms with E-state index >= 15 is 0 Å². The molecule has 0 aliphatic carbocycles. The minimum atomic E-state index is -0.0553. The Labute approximate surface area is 152 Å². The van der Waals surface area contributed by atoms with E-state index in [-0.39, 0.29) is 18.5 Å². The fourth-order valence-corrected chi connectivity index (χ4v) is 2.60. The van der Waals surface area contributed by atoms with Gasteiger partial charge in [0.2, 0.25) is 5.91 Å². The monoisotopic (exact) mass is 350 g/mol. The summed E-state index contributed by atoms with van der Waals surface area (Å²) in [6, 6.07) is 13.8. The molecular formula is C19H22N6O. The first-order valence-corrected chi connectivity index (χ1v) is 8.47. The lowest BCUT2D eigenvalue weighted by Gasteiger charge is -2.16. The molecule has 2 aromatic carbocycles. The summed E-state index contributed by atoms with van der Waals surface area (Å²) in [4.78, 5) is 12.2. The second-order valence-electron chi connectivity index (χ2n) is 6.29. The highest BCUT2D eigenvalue weighted by Gasteiger charge is 2.10. The number of nitrogens with one attached hydrogen (secondary N) is 2. The lowest BCUT2D eigenvalue weighted by Crippen LogP contribution is -2.32. The molecule has 7 nitrogen and oxygen atoms in total. The number of aromatic nitrogens is 4. The van der Waals surface area contributed by atoms with E-state index in [1.54, 1.807) is 4.68 Å². The Balaban J connectivity index is 1.52. The first-order chi connectivity index (χ1) is 12.5. The molecule has 0 saturated heterocycles. The van der Waals surface area contributed by atoms with Crippen LogP contribution in [-0.4, -0.2) is 32.7 Å². The molecule has 7 heteroatoms. The van der Waals surface area contributed by atoms with Crippen molar-refractivity contribution < 1.29 is 4.79 Å². The average Bonchev–Trinajstić information content (AvgIpc) is 3.17. The van der Waals surface area contributed by atoms with Gasteiger partial charge < -0.3 is 10.6 Å². The Hall–Kier alpha value is -3.22. The van der Waals surface area contributed by atoms with Gasteiger partial charge in [-0.3, -0.25) is 4.79 Å². The van der Waals surface area contributed by atoms with E-state index in [4.69, 9.17) is 0 Å². The molecule has 1 atom stereocenters. The number of amides is 1. The van der Waals surface area contributed by atoms with Crippen LogP contribution in [0.3, 0.4) is 0 Å². The number of carbonyl (C=O) groups excluding carboxylic acids is 1. The minimum absolute atomic E-state index is 0.0363. The first-order valence-electron chi connectivity index (χ1n) is 8.47. The molecule has 3 aromatic rings. The summed E-state index contributed by atoms with van der Waals surface area (Å²) < 4.78 is 1.57. The number of tetrazole rings is 1. The molecule has 0 unspecified atom stereocenters. The third kappa shape index (κ3) is 4.24. The van der Waals surface area contributed by atoms with Gasteiger partial charge in [-0.15, -0.1) is 5.10 Å². The number of nitrogens with zero attached hydrogens (tertiary/aromatic N) is 4. The first kappa shape index (κ1) is 17.6. The number of carbonyl (C=O) groups is 1. The number of benzene rings is 2. The Morgan fingerprint density at radius 2 is 1.88 bits per heavy atom. The molecule has 0 radical (unpaired) electrons. The highest BCUT2D eigenvalue weighted by Crippen LogP contribution is 2.17. The number of hydrogen-bond acceptors (Lipinski definition) is 5. The van der Waals surface area contributed by atoms with Crippen molar-refractivity contribution in [3.8, 4) is 5.69 Å². The van der Waals surface area contributed by atoms with E-state index in [2.05, 4.69) is 58.2 Å². The molecule has 0 fully saturated rings. The fraction of sp³-hybridized carbons (Fsp3) is 0.263. The van der Waals surface area contributed by atoms with Gasteiger partial charge in [-0.25, -0.2) is 4.68 Å². The molecule has 0 spiro atoms. The molecule has 0 bridgehead atoms. The second-order valence-corrected chi connectivity index (χ2v) is 6.29. The molecule has 0 aliphatic heterocycles. The molecule has 2 N–H and O–H groups in total. The highest BCUT2D eigenvalue weighted by atomic mass is 16.1. The van der Waals surface area contributed by atoms with Gasteiger partial charge in [0.05, 0.1) is 18.3 Å². The van der Waals surface area contributed by atoms with Crippen LogP contribution in [0.1, 0.15) is 29.7 Å². The highest BCUT2D eigenvalue weighted by molar-refractivity contribution is 5.81. The van der Waals surface area contributed by atoms with Crippen LogP contribution in [0.5, 0.6) is 0 Å². The van der Waals surface area contributed by atoms with Gasteiger partial charge in [0.1, 0.15) is 6.33 Å². The molecule has 0 aliphatic rings. The SMILES string of the molecule is Cc1ccc([C@@H](C)NC(=O)CNc2ccc(-n3cnnn3)cc2)cc1C. The van der Waals surface area contributed by atoms with Crippen molar-refractivity contribution in [2.24, 2.45) is 0 Å². The lowest BCUT2D eigenvalue weighted by atomic mass is 10.0. The Morgan fingerprint density at radius 3 is 2.54 bits per heavy atom. The van der Waals surface area contributed by atoms with Crippen molar-refractivity contribution in [1.29, 1.82) is 0 Å². The Bertz CT molecular complexity index is 874. The number of anilines is 1. The topological polar surface area (TPSA) is 84.7 Å². The maximum absolute atomic E-state index is 12.2. The zero-order valence-corrected chi connectivity index (χ0v) is 15.1. The van der Waals surface area contributed by atoms with E-state index < -0.39 is 0 Å². The van der Waals surface area contributed by atoms with E-state index in [9.17, 15) is 4.79 Å². The Morgan fingerprint density at radius 1 is 1.12 bits per heavy atom. The zero-order valence-electron chi connectivity index (χ0n) is 15.1.